The van der Waals surface area contributed by atoms with Gasteiger partial charge >= 0.3 is 0 Å². The number of nitrogens with zero attached hydrogens (tertiary/aromatic N) is 3. The molecule has 1 aromatic heterocycles. The first kappa shape index (κ1) is 24.7. The lowest BCUT2D eigenvalue weighted by atomic mass is 9.85. The van der Waals surface area contributed by atoms with Crippen LogP contribution in [0.1, 0.15) is 66.8 Å². The van der Waals surface area contributed by atoms with Gasteiger partial charge in [0.05, 0.1) is 11.6 Å². The Hall–Kier alpha value is -3.61. The molecule has 38 heavy (non-hydrogen) atoms. The Morgan fingerprint density at radius 2 is 1.58 bits per heavy atom. The molecule has 2 heterocycles. The van der Waals surface area contributed by atoms with Gasteiger partial charge in [0.15, 0.2) is 0 Å². The SMILES string of the molecule is CN(C)c1nc(N[C@H]2CC[C@@H](CNC(=O)C3c4ccccc4Oc4ccccc43)CC2)nc2c1CCCC2. The molecule has 1 fully saturated rings. The Morgan fingerprint density at radius 3 is 2.26 bits per heavy atom. The van der Waals surface area contributed by atoms with Gasteiger partial charge in [-0.1, -0.05) is 36.4 Å². The quantitative estimate of drug-likeness (QED) is 0.458. The number of nitrogens with one attached hydrogen (secondary N) is 2. The van der Waals surface area contributed by atoms with E-state index in [1.54, 1.807) is 0 Å². The molecule has 7 heteroatoms. The Kier molecular flexibility index (Phi) is 6.92. The molecule has 0 spiro atoms. The van der Waals surface area contributed by atoms with E-state index in [0.29, 0.717) is 18.5 Å². The van der Waals surface area contributed by atoms with Crippen LogP contribution in [0.25, 0.3) is 0 Å². The Balaban J connectivity index is 1.06. The van der Waals surface area contributed by atoms with E-state index in [9.17, 15) is 4.79 Å². The van der Waals surface area contributed by atoms with Gasteiger partial charge in [0.25, 0.3) is 0 Å². The lowest BCUT2D eigenvalue weighted by Gasteiger charge is -2.31. The molecule has 0 unspecified atom stereocenters. The second-order valence-corrected chi connectivity index (χ2v) is 11.1. The number of ether oxygens (including phenoxy) is 1. The molecule has 1 amide bonds. The first-order chi connectivity index (χ1) is 18.6. The number of rotatable bonds is 6. The van der Waals surface area contributed by atoms with Crippen molar-refractivity contribution in [1.82, 2.24) is 15.3 Å². The standard InChI is InChI=1S/C31H37N5O2/c1-36(2)29-22-9-3-6-12-25(22)34-31(35-29)33-21-17-15-20(16-18-21)19-32-30(37)28-23-10-4-7-13-26(23)38-27-14-8-5-11-24(27)28/h4-5,7-8,10-11,13-14,20-21,28H,3,6,9,12,15-19H2,1-2H3,(H,32,37)(H,33,34,35)/t20-,21+. The van der Waals surface area contributed by atoms with Gasteiger partial charge in [0.2, 0.25) is 11.9 Å². The molecule has 0 atom stereocenters. The van der Waals surface area contributed by atoms with Crippen LogP contribution < -0.4 is 20.3 Å². The van der Waals surface area contributed by atoms with E-state index in [4.69, 9.17) is 14.7 Å². The van der Waals surface area contributed by atoms with Gasteiger partial charge in [-0.25, -0.2) is 4.98 Å². The lowest BCUT2D eigenvalue weighted by molar-refractivity contribution is -0.122. The first-order valence-electron chi connectivity index (χ1n) is 14.0. The van der Waals surface area contributed by atoms with E-state index in [1.807, 2.05) is 48.5 Å². The maximum Gasteiger partial charge on any atom is 0.232 e. The van der Waals surface area contributed by atoms with Gasteiger partial charge < -0.3 is 20.3 Å². The van der Waals surface area contributed by atoms with Crippen LogP contribution in [0.2, 0.25) is 0 Å². The summed E-state index contributed by atoms with van der Waals surface area (Å²) < 4.78 is 6.06. The van der Waals surface area contributed by atoms with Crippen molar-refractivity contribution in [2.24, 2.45) is 5.92 Å². The fraction of sp³-hybridized carbons (Fsp3) is 0.452. The van der Waals surface area contributed by atoms with Gasteiger partial charge in [-0.05, 0) is 69.4 Å². The van der Waals surface area contributed by atoms with Crippen molar-refractivity contribution < 1.29 is 9.53 Å². The average molecular weight is 512 g/mol. The second kappa shape index (κ2) is 10.6. The van der Waals surface area contributed by atoms with Crippen LogP contribution in [0.4, 0.5) is 11.8 Å². The summed E-state index contributed by atoms with van der Waals surface area (Å²) >= 11 is 0. The summed E-state index contributed by atoms with van der Waals surface area (Å²) in [7, 11) is 4.13. The van der Waals surface area contributed by atoms with Crippen molar-refractivity contribution in [3.8, 4) is 11.5 Å². The fourth-order valence-corrected chi connectivity index (χ4v) is 6.24. The maximum absolute atomic E-state index is 13.5. The number of aryl methyl sites for hydroxylation is 1. The highest BCUT2D eigenvalue weighted by molar-refractivity contribution is 5.89. The second-order valence-electron chi connectivity index (χ2n) is 11.1. The fourth-order valence-electron chi connectivity index (χ4n) is 6.24. The predicted octanol–water partition coefficient (Wildman–Crippen LogP) is 5.45. The molecule has 2 aliphatic carbocycles. The monoisotopic (exact) mass is 511 g/mol. The third kappa shape index (κ3) is 4.94. The van der Waals surface area contributed by atoms with Crippen molar-refractivity contribution in [1.29, 1.82) is 0 Å². The summed E-state index contributed by atoms with van der Waals surface area (Å²) in [6.07, 6.45) is 8.81. The topological polar surface area (TPSA) is 79.4 Å². The molecular weight excluding hydrogens is 474 g/mol. The zero-order chi connectivity index (χ0) is 26.1. The minimum absolute atomic E-state index is 0.0483. The third-order valence-electron chi connectivity index (χ3n) is 8.27. The summed E-state index contributed by atoms with van der Waals surface area (Å²) in [5.74, 6) is 3.53. The molecule has 2 N–H and O–H groups in total. The van der Waals surface area contributed by atoms with E-state index >= 15 is 0 Å². The van der Waals surface area contributed by atoms with E-state index in [2.05, 4.69) is 29.6 Å². The third-order valence-corrected chi connectivity index (χ3v) is 8.27. The largest absolute Gasteiger partial charge is 0.457 e. The summed E-state index contributed by atoms with van der Waals surface area (Å²) in [5.41, 5.74) is 4.39. The highest BCUT2D eigenvalue weighted by Gasteiger charge is 2.33. The van der Waals surface area contributed by atoms with Crippen LogP contribution in [0, 0.1) is 5.92 Å². The van der Waals surface area contributed by atoms with Crippen LogP contribution in [0.15, 0.2) is 48.5 Å². The molecular formula is C31H37N5O2. The molecule has 6 rings (SSSR count). The van der Waals surface area contributed by atoms with Gasteiger partial charge in [-0.3, -0.25) is 4.79 Å². The molecule has 0 radical (unpaired) electrons. The van der Waals surface area contributed by atoms with Crippen LogP contribution in [-0.2, 0) is 17.6 Å². The molecule has 7 nitrogen and oxygen atoms in total. The van der Waals surface area contributed by atoms with E-state index in [-0.39, 0.29) is 11.8 Å². The number of aromatic nitrogens is 2. The summed E-state index contributed by atoms with van der Waals surface area (Å²) in [5, 5.41) is 6.91. The number of carbonyl (C=O) groups is 1. The number of hydrogen-bond acceptors (Lipinski definition) is 6. The minimum atomic E-state index is -0.346. The predicted molar refractivity (Wildman–Crippen MR) is 150 cm³/mol. The number of carbonyl (C=O) groups excluding carboxylic acids is 1. The van der Waals surface area contributed by atoms with E-state index in [0.717, 1.165) is 72.9 Å². The van der Waals surface area contributed by atoms with Crippen molar-refractivity contribution in [2.45, 2.75) is 63.3 Å². The summed E-state index contributed by atoms with van der Waals surface area (Å²) in [4.78, 5) is 25.4. The molecule has 198 valence electrons. The van der Waals surface area contributed by atoms with Crippen LogP contribution >= 0.6 is 0 Å². The smallest absolute Gasteiger partial charge is 0.232 e. The zero-order valence-corrected chi connectivity index (χ0v) is 22.4. The van der Waals surface area contributed by atoms with Gasteiger partial charge in [0.1, 0.15) is 17.3 Å². The van der Waals surface area contributed by atoms with Crippen LogP contribution in [0.5, 0.6) is 11.5 Å². The Bertz CT molecular complexity index is 1270. The van der Waals surface area contributed by atoms with Gasteiger partial charge in [-0.15, -0.1) is 0 Å². The van der Waals surface area contributed by atoms with Crippen molar-refractivity contribution in [2.75, 3.05) is 30.9 Å². The molecule has 3 aromatic rings. The lowest BCUT2D eigenvalue weighted by Crippen LogP contribution is -2.37. The van der Waals surface area contributed by atoms with Crippen molar-refractivity contribution in [3.05, 3.63) is 70.9 Å². The summed E-state index contributed by atoms with van der Waals surface area (Å²) in [6, 6.07) is 16.1. The van der Waals surface area contributed by atoms with Crippen LogP contribution in [0.3, 0.4) is 0 Å². The number of hydrogen-bond donors (Lipinski definition) is 2. The Morgan fingerprint density at radius 1 is 0.921 bits per heavy atom. The minimum Gasteiger partial charge on any atom is -0.457 e. The number of para-hydroxylation sites is 2. The first-order valence-corrected chi connectivity index (χ1v) is 14.0. The van der Waals surface area contributed by atoms with Crippen LogP contribution in [-0.4, -0.2) is 42.6 Å². The average Bonchev–Trinajstić information content (AvgIpc) is 2.95. The maximum atomic E-state index is 13.5. The molecule has 0 bridgehead atoms. The number of benzene rings is 2. The Labute approximate surface area is 225 Å². The highest BCUT2D eigenvalue weighted by Crippen LogP contribution is 2.44. The van der Waals surface area contributed by atoms with Crippen molar-refractivity contribution in [3.63, 3.8) is 0 Å². The van der Waals surface area contributed by atoms with Gasteiger partial charge in [-0.2, -0.15) is 4.98 Å². The van der Waals surface area contributed by atoms with Gasteiger partial charge in [0, 0.05) is 43.4 Å². The molecule has 0 saturated heterocycles. The van der Waals surface area contributed by atoms with E-state index < -0.39 is 0 Å². The molecule has 1 aliphatic heterocycles. The normalized spacial score (nSPS) is 20.4. The molecule has 1 saturated carbocycles. The molecule has 3 aliphatic rings. The molecule has 2 aromatic carbocycles. The number of anilines is 2. The zero-order valence-electron chi connectivity index (χ0n) is 22.4. The van der Waals surface area contributed by atoms with Crippen molar-refractivity contribution >= 4 is 17.7 Å². The summed E-state index contributed by atoms with van der Waals surface area (Å²) in [6.45, 7) is 0.702. The number of fused-ring (bicyclic) bond motifs is 3. The number of amides is 1. The highest BCUT2D eigenvalue weighted by atomic mass is 16.5. The van der Waals surface area contributed by atoms with E-state index in [1.165, 1.54) is 24.1 Å².